The minimum atomic E-state index is -2.81. The zero-order chi connectivity index (χ0) is 32.8. The van der Waals surface area contributed by atoms with Crippen LogP contribution < -0.4 is 22.1 Å². The number of aromatic nitrogens is 6. The van der Waals surface area contributed by atoms with E-state index < -0.39 is 48.3 Å². The average molecular weight is 582 g/mol. The predicted molar refractivity (Wildman–Crippen MR) is 150 cm³/mol. The van der Waals surface area contributed by atoms with Crippen LogP contribution in [-0.4, -0.2) is 60.0 Å². The zero-order valence-electron chi connectivity index (χ0n) is 26.8. The molecule has 4 heterocycles. The molecule has 3 aliphatic rings. The summed E-state index contributed by atoms with van der Waals surface area (Å²) >= 11 is 0. The standard InChI is InChI=1S/C28H32FN9O4/c1-36-20-13-31-22(10-19(20)37(27(36)41)17-6-5-16(9-17)32-26(40)42-2)33-21-8-7-18-23(14-3-4-14)34-25(38(18)35-21)28(24(30)39)11-15(29)12-28/h7-8,10,13-17H,3-6,9,11-12H2,1-2H3,(H2,30,39)(H,32,40)(H,31,33,35)/i1D3,16D. The number of imidazole rings is 2. The maximum Gasteiger partial charge on any atom is 0.407 e. The minimum absolute atomic E-state index is 0.0412. The van der Waals surface area contributed by atoms with Crippen molar-refractivity contribution in [3.8, 4) is 0 Å². The molecule has 7 rings (SSSR count). The van der Waals surface area contributed by atoms with Gasteiger partial charge in [-0.2, -0.15) is 0 Å². The van der Waals surface area contributed by atoms with Crippen LogP contribution in [0.5, 0.6) is 0 Å². The van der Waals surface area contributed by atoms with Gasteiger partial charge in [-0.3, -0.25) is 13.9 Å². The average Bonchev–Trinajstić information content (AvgIpc) is 3.54. The topological polar surface area (TPSA) is 163 Å². The van der Waals surface area contributed by atoms with Gasteiger partial charge < -0.3 is 21.1 Å². The number of primary amides is 1. The Hall–Kier alpha value is -4.49. The molecule has 0 aromatic carbocycles. The molecular weight excluding hydrogens is 545 g/mol. The summed E-state index contributed by atoms with van der Waals surface area (Å²) in [7, 11) is 1.19. The van der Waals surface area contributed by atoms with Gasteiger partial charge in [-0.05, 0) is 44.2 Å². The molecule has 3 saturated carbocycles. The number of pyridine rings is 1. The van der Waals surface area contributed by atoms with E-state index in [4.69, 9.17) is 16.2 Å². The smallest absolute Gasteiger partial charge is 0.407 e. The number of nitrogens with zero attached hydrogens (tertiary/aromatic N) is 6. The summed E-state index contributed by atoms with van der Waals surface area (Å²) < 4.78 is 55.0. The van der Waals surface area contributed by atoms with Crippen molar-refractivity contribution in [1.29, 1.82) is 0 Å². The van der Waals surface area contributed by atoms with E-state index in [0.29, 0.717) is 28.1 Å². The lowest BCUT2D eigenvalue weighted by molar-refractivity contribution is -0.129. The fraction of sp³-hybridized carbons (Fsp3) is 0.500. The van der Waals surface area contributed by atoms with Crippen LogP contribution in [0, 0.1) is 0 Å². The van der Waals surface area contributed by atoms with E-state index in [0.717, 1.165) is 18.5 Å². The molecule has 2 atom stereocenters. The third-order valence-electron chi connectivity index (χ3n) is 8.63. The second-order valence-electron chi connectivity index (χ2n) is 11.4. The van der Waals surface area contributed by atoms with Gasteiger partial charge in [-0.1, -0.05) is 0 Å². The number of carbonyl (C=O) groups is 2. The van der Waals surface area contributed by atoms with Gasteiger partial charge in [0, 0.05) is 48.0 Å². The van der Waals surface area contributed by atoms with Gasteiger partial charge in [0.25, 0.3) is 0 Å². The van der Waals surface area contributed by atoms with Crippen LogP contribution in [0.3, 0.4) is 0 Å². The Bertz CT molecular complexity index is 1960. The van der Waals surface area contributed by atoms with Crippen molar-refractivity contribution < 1.29 is 24.2 Å². The van der Waals surface area contributed by atoms with Gasteiger partial charge in [-0.25, -0.2) is 28.5 Å². The number of nitrogens with one attached hydrogen (secondary N) is 2. The number of alkyl carbamates (subject to hydrolysis) is 1. The van der Waals surface area contributed by atoms with Crippen LogP contribution in [0.15, 0.2) is 29.2 Å². The number of carbonyl (C=O) groups excluding carboxylic acids is 2. The fourth-order valence-electron chi connectivity index (χ4n) is 6.25. The highest BCUT2D eigenvalue weighted by atomic mass is 19.1. The first kappa shape index (κ1) is 22.2. The van der Waals surface area contributed by atoms with Crippen LogP contribution in [0.1, 0.15) is 73.9 Å². The molecule has 0 aliphatic heterocycles. The summed E-state index contributed by atoms with van der Waals surface area (Å²) in [4.78, 5) is 47.1. The quantitative estimate of drug-likeness (QED) is 0.300. The van der Waals surface area contributed by atoms with Crippen molar-refractivity contribution in [2.24, 2.45) is 12.7 Å². The van der Waals surface area contributed by atoms with Gasteiger partial charge in [0.1, 0.15) is 23.2 Å². The Morgan fingerprint density at radius 1 is 1.19 bits per heavy atom. The number of rotatable bonds is 7. The van der Waals surface area contributed by atoms with E-state index in [9.17, 15) is 18.8 Å². The van der Waals surface area contributed by atoms with Gasteiger partial charge in [0.2, 0.25) is 5.91 Å². The van der Waals surface area contributed by atoms with Crippen molar-refractivity contribution in [3.05, 3.63) is 46.4 Å². The Morgan fingerprint density at radius 2 is 2.00 bits per heavy atom. The number of hydrogen-bond acceptors (Lipinski definition) is 8. The van der Waals surface area contributed by atoms with Crippen LogP contribution in [0.4, 0.5) is 20.8 Å². The number of halogens is 1. The third-order valence-corrected chi connectivity index (χ3v) is 8.63. The van der Waals surface area contributed by atoms with E-state index in [1.54, 1.807) is 12.1 Å². The highest BCUT2D eigenvalue weighted by Crippen LogP contribution is 2.48. The molecule has 3 fully saturated rings. The SMILES string of the molecule is [2H]C1(NC(=O)OC)CCC(n2c(=O)n(C([2H])([2H])[2H])c3cnc(Nc4ccc5c(C6CC6)nc(C6(C(N)=O)CC(F)C6)n5n4)cc32)C1. The third kappa shape index (κ3) is 4.10. The zero-order valence-corrected chi connectivity index (χ0v) is 22.8. The Morgan fingerprint density at radius 3 is 2.69 bits per heavy atom. The molecule has 0 spiro atoms. The molecule has 4 aromatic heterocycles. The molecule has 220 valence electrons. The van der Waals surface area contributed by atoms with Gasteiger partial charge >= 0.3 is 11.8 Å². The number of fused-ring (bicyclic) bond motifs is 2. The monoisotopic (exact) mass is 581 g/mol. The maximum absolute atomic E-state index is 14.1. The lowest BCUT2D eigenvalue weighted by atomic mass is 9.66. The summed E-state index contributed by atoms with van der Waals surface area (Å²) in [5.41, 5.74) is 5.52. The molecule has 2 unspecified atom stereocenters. The summed E-state index contributed by atoms with van der Waals surface area (Å²) in [5, 5.41) is 10.3. The molecule has 42 heavy (non-hydrogen) atoms. The molecule has 2 amide bonds. The van der Waals surface area contributed by atoms with Gasteiger partial charge in [0.15, 0.2) is 5.82 Å². The van der Waals surface area contributed by atoms with Crippen LogP contribution in [0.2, 0.25) is 0 Å². The van der Waals surface area contributed by atoms with Crippen molar-refractivity contribution >= 4 is 40.2 Å². The summed E-state index contributed by atoms with van der Waals surface area (Å²) in [6, 6.07) is 3.03. The largest absolute Gasteiger partial charge is 0.453 e. The van der Waals surface area contributed by atoms with Gasteiger partial charge in [-0.15, -0.1) is 5.10 Å². The first-order chi connectivity index (χ1) is 21.7. The Balaban J connectivity index is 1.28. The lowest BCUT2D eigenvalue weighted by Crippen LogP contribution is -2.53. The van der Waals surface area contributed by atoms with E-state index in [1.165, 1.54) is 28.5 Å². The predicted octanol–water partition coefficient (Wildman–Crippen LogP) is 2.70. The molecule has 13 nitrogen and oxygen atoms in total. The molecule has 3 aliphatic carbocycles. The first-order valence-electron chi connectivity index (χ1n) is 15.8. The number of nitrogens with two attached hydrogens (primary N) is 1. The summed E-state index contributed by atoms with van der Waals surface area (Å²) in [6.07, 6.45) is 1.67. The van der Waals surface area contributed by atoms with E-state index >= 15 is 0 Å². The van der Waals surface area contributed by atoms with Crippen LogP contribution in [0.25, 0.3) is 16.6 Å². The normalized spacial score (nSPS) is 28.9. The molecule has 0 bridgehead atoms. The van der Waals surface area contributed by atoms with E-state index in [1.807, 2.05) is 0 Å². The number of aryl methyl sites for hydroxylation is 1. The molecule has 14 heteroatoms. The van der Waals surface area contributed by atoms with Crippen molar-refractivity contribution in [2.45, 2.75) is 74.5 Å². The highest BCUT2D eigenvalue weighted by Gasteiger charge is 2.54. The lowest BCUT2D eigenvalue weighted by Gasteiger charge is -2.39. The molecule has 0 radical (unpaired) electrons. The number of hydrogen-bond donors (Lipinski definition) is 3. The van der Waals surface area contributed by atoms with Gasteiger partial charge in [0.05, 0.1) is 36.9 Å². The minimum Gasteiger partial charge on any atom is -0.453 e. The highest BCUT2D eigenvalue weighted by molar-refractivity contribution is 5.87. The van der Waals surface area contributed by atoms with Crippen molar-refractivity contribution in [2.75, 3.05) is 12.4 Å². The molecular formula is C28H32FN9O4. The molecule has 0 saturated heterocycles. The second-order valence-corrected chi connectivity index (χ2v) is 11.4. The Labute approximate surface area is 244 Å². The van der Waals surface area contributed by atoms with Crippen molar-refractivity contribution in [3.63, 3.8) is 0 Å². The molecule has 4 aromatic rings. The fourth-order valence-corrected chi connectivity index (χ4v) is 6.25. The number of methoxy groups -OCH3 is 1. The maximum atomic E-state index is 14.1. The molecule has 4 N–H and O–H groups in total. The van der Waals surface area contributed by atoms with Crippen molar-refractivity contribution in [1.82, 2.24) is 34.0 Å². The van der Waals surface area contributed by atoms with Crippen LogP contribution >= 0.6 is 0 Å². The first-order valence-corrected chi connectivity index (χ1v) is 13.8. The Kier molecular flexibility index (Phi) is 5.03. The van der Waals surface area contributed by atoms with E-state index in [-0.39, 0.29) is 48.5 Å². The van der Waals surface area contributed by atoms with Crippen LogP contribution in [-0.2, 0) is 21.9 Å². The second kappa shape index (κ2) is 9.53. The van der Waals surface area contributed by atoms with E-state index in [2.05, 4.69) is 25.5 Å². The summed E-state index contributed by atoms with van der Waals surface area (Å²) in [5.74, 6) is 0.389. The number of ether oxygens (including phenoxy) is 1. The number of alkyl halides is 1. The number of amides is 2. The number of anilines is 2. The summed E-state index contributed by atoms with van der Waals surface area (Å²) in [6.45, 7) is -2.81.